The number of nitrogens with one attached hydrogen (secondary N) is 1. The van der Waals surface area contributed by atoms with Crippen molar-refractivity contribution in [2.75, 3.05) is 6.61 Å². The first-order chi connectivity index (χ1) is 10.6. The van der Waals surface area contributed by atoms with Gasteiger partial charge in [-0.1, -0.05) is 0 Å². The Labute approximate surface area is 129 Å². The summed E-state index contributed by atoms with van der Waals surface area (Å²) in [5.74, 6) is 1.43. The first-order valence-corrected chi connectivity index (χ1v) is 7.92. The molecule has 1 aromatic heterocycles. The van der Waals surface area contributed by atoms with Gasteiger partial charge in [-0.05, 0) is 51.7 Å². The third-order valence-corrected chi connectivity index (χ3v) is 4.18. The molecule has 2 unspecified atom stereocenters. The van der Waals surface area contributed by atoms with E-state index in [2.05, 4.69) is 5.32 Å². The van der Waals surface area contributed by atoms with Crippen molar-refractivity contribution >= 4 is 12.0 Å². The number of hydrogen-bond donors (Lipinski definition) is 1. The van der Waals surface area contributed by atoms with Crippen LogP contribution < -0.4 is 5.32 Å². The lowest BCUT2D eigenvalue weighted by atomic mass is 10.1. The quantitative estimate of drug-likeness (QED) is 0.928. The van der Waals surface area contributed by atoms with Crippen LogP contribution in [0.4, 0.5) is 4.79 Å². The number of ether oxygens (including phenoxy) is 1. The number of carbonyl (C=O) groups excluding carboxylic acids is 2. The molecule has 22 heavy (non-hydrogen) atoms. The fourth-order valence-electron chi connectivity index (χ4n) is 2.96. The Balaban J connectivity index is 1.80. The van der Waals surface area contributed by atoms with Crippen LogP contribution in [0.2, 0.25) is 0 Å². The molecule has 2 aliphatic rings. The van der Waals surface area contributed by atoms with E-state index >= 15 is 0 Å². The Morgan fingerprint density at radius 2 is 2.09 bits per heavy atom. The van der Waals surface area contributed by atoms with Crippen molar-refractivity contribution in [1.82, 2.24) is 10.2 Å². The first kappa shape index (κ1) is 14.9. The number of likely N-dealkylation sites (tertiary alicyclic amines) is 1. The number of hydrogen-bond acceptors (Lipinski definition) is 4. The van der Waals surface area contributed by atoms with E-state index in [4.69, 9.17) is 9.15 Å². The summed E-state index contributed by atoms with van der Waals surface area (Å²) in [5.41, 5.74) is 0. The first-order valence-electron chi connectivity index (χ1n) is 7.92. The van der Waals surface area contributed by atoms with Gasteiger partial charge in [0.05, 0.1) is 12.6 Å². The third kappa shape index (κ3) is 2.96. The Bertz CT molecular complexity index is 564. The molecule has 1 saturated carbocycles. The zero-order valence-corrected chi connectivity index (χ0v) is 13.0. The maximum atomic E-state index is 12.4. The van der Waals surface area contributed by atoms with Gasteiger partial charge in [-0.3, -0.25) is 9.69 Å². The normalized spacial score (nSPS) is 24.4. The lowest BCUT2D eigenvalue weighted by Gasteiger charge is -2.27. The maximum absolute atomic E-state index is 12.4. The van der Waals surface area contributed by atoms with Crippen LogP contribution in [0.25, 0.3) is 0 Å². The average Bonchev–Trinajstić information content (AvgIpc) is 3.01. The molecule has 0 radical (unpaired) electrons. The highest BCUT2D eigenvalue weighted by atomic mass is 16.6. The molecule has 6 heteroatoms. The summed E-state index contributed by atoms with van der Waals surface area (Å²) in [6, 6.07) is 3.31. The average molecular weight is 306 g/mol. The molecule has 1 saturated heterocycles. The molecular weight excluding hydrogens is 284 g/mol. The summed E-state index contributed by atoms with van der Waals surface area (Å²) in [7, 11) is 0. The highest BCUT2D eigenvalue weighted by Gasteiger charge is 2.44. The highest BCUT2D eigenvalue weighted by Crippen LogP contribution is 2.38. The van der Waals surface area contributed by atoms with Crippen molar-refractivity contribution in [1.29, 1.82) is 0 Å². The molecule has 0 spiro atoms. The second kappa shape index (κ2) is 6.02. The highest BCUT2D eigenvalue weighted by molar-refractivity contribution is 5.86. The summed E-state index contributed by atoms with van der Waals surface area (Å²) < 4.78 is 10.8. The van der Waals surface area contributed by atoms with Crippen LogP contribution in [0.5, 0.6) is 0 Å². The smallest absolute Gasteiger partial charge is 0.411 e. The Morgan fingerprint density at radius 1 is 1.32 bits per heavy atom. The summed E-state index contributed by atoms with van der Waals surface area (Å²) in [6.45, 7) is 3.92. The van der Waals surface area contributed by atoms with Crippen molar-refractivity contribution in [3.05, 3.63) is 23.7 Å². The molecule has 2 amide bonds. The van der Waals surface area contributed by atoms with Gasteiger partial charge < -0.3 is 14.5 Å². The van der Waals surface area contributed by atoms with Crippen LogP contribution in [-0.4, -0.2) is 35.6 Å². The molecule has 0 aromatic carbocycles. The number of aryl methyl sites for hydroxylation is 1. The summed E-state index contributed by atoms with van der Waals surface area (Å²) in [4.78, 5) is 26.3. The zero-order valence-electron chi connectivity index (χ0n) is 13.0. The predicted molar refractivity (Wildman–Crippen MR) is 79.2 cm³/mol. The van der Waals surface area contributed by atoms with Gasteiger partial charge in [0, 0.05) is 6.04 Å². The van der Waals surface area contributed by atoms with E-state index in [1.54, 1.807) is 11.8 Å². The van der Waals surface area contributed by atoms with E-state index in [9.17, 15) is 9.59 Å². The standard InChI is InChI=1S/C16H22N2O4/c1-3-21-16(20)18-12(14-9-4-10(2)22-14)7-8-13(18)15(19)17-11-5-6-11/h4,9,11-13H,3,5-8H2,1-2H3,(H,17,19). The van der Waals surface area contributed by atoms with Crippen molar-refractivity contribution in [2.45, 2.75) is 57.7 Å². The van der Waals surface area contributed by atoms with Gasteiger partial charge in [-0.15, -0.1) is 0 Å². The lowest BCUT2D eigenvalue weighted by molar-refractivity contribution is -0.125. The predicted octanol–water partition coefficient (Wildman–Crippen LogP) is 2.53. The molecule has 1 aliphatic carbocycles. The van der Waals surface area contributed by atoms with Crippen LogP contribution in [0, 0.1) is 6.92 Å². The van der Waals surface area contributed by atoms with Gasteiger partial charge >= 0.3 is 6.09 Å². The van der Waals surface area contributed by atoms with Gasteiger partial charge in [0.2, 0.25) is 5.91 Å². The van der Waals surface area contributed by atoms with E-state index in [1.807, 2.05) is 19.1 Å². The summed E-state index contributed by atoms with van der Waals surface area (Å²) >= 11 is 0. The fourth-order valence-corrected chi connectivity index (χ4v) is 2.96. The SMILES string of the molecule is CCOC(=O)N1C(C(=O)NC2CC2)CCC1c1ccc(C)o1. The minimum absolute atomic E-state index is 0.0821. The minimum Gasteiger partial charge on any atom is -0.464 e. The van der Waals surface area contributed by atoms with Gasteiger partial charge in [-0.25, -0.2) is 4.79 Å². The molecule has 3 rings (SSSR count). The molecule has 1 N–H and O–H groups in total. The fraction of sp³-hybridized carbons (Fsp3) is 0.625. The van der Waals surface area contributed by atoms with Crippen LogP contribution in [0.1, 0.15) is 50.2 Å². The molecule has 6 nitrogen and oxygen atoms in total. The zero-order chi connectivity index (χ0) is 15.7. The maximum Gasteiger partial charge on any atom is 0.411 e. The molecule has 1 aliphatic heterocycles. The number of amides is 2. The summed E-state index contributed by atoms with van der Waals surface area (Å²) in [6.07, 6.45) is 2.93. The van der Waals surface area contributed by atoms with Gasteiger partial charge in [0.1, 0.15) is 17.6 Å². The van der Waals surface area contributed by atoms with E-state index in [0.717, 1.165) is 18.6 Å². The summed E-state index contributed by atoms with van der Waals surface area (Å²) in [5, 5.41) is 2.98. The lowest BCUT2D eigenvalue weighted by Crippen LogP contribution is -2.47. The van der Waals surface area contributed by atoms with E-state index in [0.29, 0.717) is 18.6 Å². The van der Waals surface area contributed by atoms with E-state index in [1.165, 1.54) is 0 Å². The van der Waals surface area contributed by atoms with Crippen molar-refractivity contribution in [2.24, 2.45) is 0 Å². The Hall–Kier alpha value is -1.98. The van der Waals surface area contributed by atoms with Crippen molar-refractivity contribution in [3.8, 4) is 0 Å². The van der Waals surface area contributed by atoms with Crippen LogP contribution in [0.3, 0.4) is 0 Å². The monoisotopic (exact) mass is 306 g/mol. The van der Waals surface area contributed by atoms with E-state index < -0.39 is 12.1 Å². The van der Waals surface area contributed by atoms with Gasteiger partial charge in [0.25, 0.3) is 0 Å². The van der Waals surface area contributed by atoms with E-state index in [-0.39, 0.29) is 24.6 Å². The van der Waals surface area contributed by atoms with Crippen LogP contribution in [0.15, 0.2) is 16.5 Å². The number of furan rings is 1. The largest absolute Gasteiger partial charge is 0.464 e. The molecule has 1 aromatic rings. The second-order valence-corrected chi connectivity index (χ2v) is 5.95. The van der Waals surface area contributed by atoms with Crippen LogP contribution >= 0.6 is 0 Å². The molecule has 2 fully saturated rings. The molecule has 2 heterocycles. The topological polar surface area (TPSA) is 71.8 Å². The molecule has 120 valence electrons. The Kier molecular flexibility index (Phi) is 4.09. The number of carbonyl (C=O) groups is 2. The van der Waals surface area contributed by atoms with Gasteiger partial charge in [-0.2, -0.15) is 0 Å². The number of rotatable bonds is 4. The van der Waals surface area contributed by atoms with Crippen molar-refractivity contribution < 1.29 is 18.7 Å². The number of nitrogens with zero attached hydrogens (tertiary/aromatic N) is 1. The molecular formula is C16H22N2O4. The second-order valence-electron chi connectivity index (χ2n) is 5.95. The van der Waals surface area contributed by atoms with Crippen molar-refractivity contribution in [3.63, 3.8) is 0 Å². The van der Waals surface area contributed by atoms with Crippen LogP contribution in [-0.2, 0) is 9.53 Å². The minimum atomic E-state index is -0.477. The molecule has 0 bridgehead atoms. The third-order valence-electron chi connectivity index (χ3n) is 4.18. The van der Waals surface area contributed by atoms with Gasteiger partial charge in [0.15, 0.2) is 0 Å². The Morgan fingerprint density at radius 3 is 2.68 bits per heavy atom. The molecule has 2 atom stereocenters.